The van der Waals surface area contributed by atoms with Crippen LogP contribution in [0.3, 0.4) is 0 Å². The van der Waals surface area contributed by atoms with Crippen molar-refractivity contribution in [2.45, 2.75) is 45.1 Å². The van der Waals surface area contributed by atoms with E-state index in [9.17, 15) is 4.79 Å². The van der Waals surface area contributed by atoms with E-state index in [1.165, 1.54) is 25.8 Å². The maximum Gasteiger partial charge on any atom is 0.240 e. The number of nitrogens with one attached hydrogen (secondary N) is 1. The van der Waals surface area contributed by atoms with E-state index in [0.29, 0.717) is 17.9 Å². The molecule has 34 heavy (non-hydrogen) atoms. The number of nitrogens with zero attached hydrogens (tertiary/aromatic N) is 3. The first-order valence-corrected chi connectivity index (χ1v) is 12.4. The van der Waals surface area contributed by atoms with E-state index >= 15 is 0 Å². The highest BCUT2D eigenvalue weighted by atomic mass is 16.5. The fraction of sp³-hybridized carbons (Fsp3) is 0.444. The molecule has 3 aromatic rings. The van der Waals surface area contributed by atoms with Crippen LogP contribution in [0.25, 0.3) is 22.6 Å². The molecule has 2 aromatic carbocycles. The van der Waals surface area contributed by atoms with Crippen molar-refractivity contribution in [3.8, 4) is 17.2 Å². The predicted octanol–water partition coefficient (Wildman–Crippen LogP) is 4.61. The Morgan fingerprint density at radius 2 is 2.00 bits per heavy atom. The quantitative estimate of drug-likeness (QED) is 0.559. The van der Waals surface area contributed by atoms with Crippen LogP contribution in [0.4, 0.5) is 0 Å². The number of oxazole rings is 1. The smallest absolute Gasteiger partial charge is 0.240 e. The van der Waals surface area contributed by atoms with Gasteiger partial charge in [-0.2, -0.15) is 5.10 Å². The number of likely N-dealkylation sites (tertiary alicyclic amines) is 1. The molecule has 2 fully saturated rings. The van der Waals surface area contributed by atoms with Crippen LogP contribution in [0.2, 0.25) is 0 Å². The molecule has 6 rings (SSSR count). The Balaban J connectivity index is 1.13. The molecule has 2 aliphatic heterocycles. The number of amides is 1. The van der Waals surface area contributed by atoms with Gasteiger partial charge in [0.1, 0.15) is 17.9 Å². The van der Waals surface area contributed by atoms with E-state index in [4.69, 9.17) is 9.15 Å². The number of hydrazone groups is 1. The lowest BCUT2D eigenvalue weighted by molar-refractivity contribution is -0.122. The summed E-state index contributed by atoms with van der Waals surface area (Å²) >= 11 is 0. The Labute approximate surface area is 199 Å². The van der Waals surface area contributed by atoms with Crippen LogP contribution in [-0.4, -0.2) is 47.2 Å². The van der Waals surface area contributed by atoms with Crippen molar-refractivity contribution in [3.05, 3.63) is 48.0 Å². The molecule has 1 unspecified atom stereocenters. The van der Waals surface area contributed by atoms with E-state index in [1.54, 1.807) is 0 Å². The Morgan fingerprint density at radius 1 is 1.15 bits per heavy atom. The van der Waals surface area contributed by atoms with E-state index < -0.39 is 0 Å². The highest BCUT2D eigenvalue weighted by molar-refractivity contribution is 6.07. The minimum absolute atomic E-state index is 0.0332. The average Bonchev–Trinajstić information content (AvgIpc) is 3.60. The second kappa shape index (κ2) is 8.87. The Kier molecular flexibility index (Phi) is 5.57. The molecule has 7 nitrogen and oxygen atoms in total. The SMILES string of the molecule is CCC1CC(=O)NN=C1c1ccc2nc(-c3ccc(OCCN4C[C@H]5CC[C@@H]4C5)cc3)oc2c1. The number of benzene rings is 2. The second-order valence-electron chi connectivity index (χ2n) is 9.74. The average molecular weight is 459 g/mol. The zero-order chi connectivity index (χ0) is 23.1. The third-order valence-electron chi connectivity index (χ3n) is 7.57. The van der Waals surface area contributed by atoms with Gasteiger partial charge in [0, 0.05) is 42.6 Å². The summed E-state index contributed by atoms with van der Waals surface area (Å²) in [5.41, 5.74) is 6.88. The molecule has 0 spiro atoms. The third-order valence-corrected chi connectivity index (χ3v) is 7.57. The number of aromatic nitrogens is 1. The lowest BCUT2D eigenvalue weighted by atomic mass is 9.90. The molecule has 1 saturated carbocycles. The van der Waals surface area contributed by atoms with E-state index in [-0.39, 0.29) is 11.8 Å². The first-order valence-electron chi connectivity index (χ1n) is 12.4. The number of ether oxygens (including phenoxy) is 1. The fourth-order valence-corrected chi connectivity index (χ4v) is 5.70. The van der Waals surface area contributed by atoms with Crippen LogP contribution >= 0.6 is 0 Å². The van der Waals surface area contributed by atoms with Gasteiger partial charge in [-0.05, 0) is 68.0 Å². The second-order valence-corrected chi connectivity index (χ2v) is 9.74. The highest BCUT2D eigenvalue weighted by Crippen LogP contribution is 2.37. The third kappa shape index (κ3) is 4.09. The van der Waals surface area contributed by atoms with E-state index in [1.807, 2.05) is 42.5 Å². The summed E-state index contributed by atoms with van der Waals surface area (Å²) in [6, 6.07) is 14.6. The molecule has 2 bridgehead atoms. The van der Waals surface area contributed by atoms with Gasteiger partial charge in [-0.3, -0.25) is 9.69 Å². The molecule has 3 heterocycles. The van der Waals surface area contributed by atoms with Crippen molar-refractivity contribution in [3.63, 3.8) is 0 Å². The topological polar surface area (TPSA) is 80.0 Å². The molecular formula is C27H30N4O3. The minimum Gasteiger partial charge on any atom is -0.492 e. The molecule has 3 atom stereocenters. The maximum atomic E-state index is 11.7. The fourth-order valence-electron chi connectivity index (χ4n) is 5.70. The molecule has 3 aliphatic rings. The summed E-state index contributed by atoms with van der Waals surface area (Å²) in [6.45, 7) is 5.04. The number of piperidine rings is 1. The number of fused-ring (bicyclic) bond motifs is 3. The van der Waals surface area contributed by atoms with E-state index in [0.717, 1.165) is 59.6 Å². The van der Waals surface area contributed by atoms with Gasteiger partial charge < -0.3 is 9.15 Å². The van der Waals surface area contributed by atoms with Gasteiger partial charge in [0.25, 0.3) is 0 Å². The summed E-state index contributed by atoms with van der Waals surface area (Å²) in [7, 11) is 0. The van der Waals surface area contributed by atoms with Crippen molar-refractivity contribution in [2.75, 3.05) is 19.7 Å². The number of hydrogen-bond acceptors (Lipinski definition) is 6. The Hall–Kier alpha value is -3.19. The summed E-state index contributed by atoms with van der Waals surface area (Å²) in [5, 5.41) is 4.31. The van der Waals surface area contributed by atoms with Gasteiger partial charge >= 0.3 is 0 Å². The number of rotatable bonds is 7. The van der Waals surface area contributed by atoms with Gasteiger partial charge in [-0.25, -0.2) is 10.4 Å². The maximum absolute atomic E-state index is 11.7. The molecular weight excluding hydrogens is 428 g/mol. The molecule has 176 valence electrons. The molecule has 7 heteroatoms. The first kappa shape index (κ1) is 21.4. The number of hydrogen-bond donors (Lipinski definition) is 1. The van der Waals surface area contributed by atoms with Crippen molar-refractivity contribution < 1.29 is 13.9 Å². The lowest BCUT2D eigenvalue weighted by Gasteiger charge is -2.26. The molecule has 1 amide bonds. The van der Waals surface area contributed by atoms with Crippen molar-refractivity contribution in [2.24, 2.45) is 16.9 Å². The number of carbonyl (C=O) groups excluding carboxylic acids is 1. The van der Waals surface area contributed by atoms with Crippen LogP contribution in [0.5, 0.6) is 5.75 Å². The van der Waals surface area contributed by atoms with Gasteiger partial charge in [0.2, 0.25) is 11.8 Å². The van der Waals surface area contributed by atoms with Crippen LogP contribution in [0.15, 0.2) is 52.0 Å². The van der Waals surface area contributed by atoms with Crippen molar-refractivity contribution in [1.29, 1.82) is 0 Å². The minimum atomic E-state index is -0.0332. The van der Waals surface area contributed by atoms with Gasteiger partial charge in [-0.1, -0.05) is 13.0 Å². The molecule has 1 saturated heterocycles. The number of carbonyl (C=O) groups is 1. The molecule has 0 radical (unpaired) electrons. The Bertz CT molecular complexity index is 1230. The monoisotopic (exact) mass is 458 g/mol. The zero-order valence-corrected chi connectivity index (χ0v) is 19.5. The van der Waals surface area contributed by atoms with Gasteiger partial charge in [0.15, 0.2) is 5.58 Å². The van der Waals surface area contributed by atoms with Crippen molar-refractivity contribution >= 4 is 22.7 Å². The van der Waals surface area contributed by atoms with Crippen LogP contribution < -0.4 is 10.2 Å². The summed E-state index contributed by atoms with van der Waals surface area (Å²) in [4.78, 5) is 18.9. The Morgan fingerprint density at radius 3 is 2.76 bits per heavy atom. The van der Waals surface area contributed by atoms with Crippen LogP contribution in [0.1, 0.15) is 44.6 Å². The predicted molar refractivity (Wildman–Crippen MR) is 131 cm³/mol. The van der Waals surface area contributed by atoms with Gasteiger partial charge in [-0.15, -0.1) is 0 Å². The molecule has 1 aliphatic carbocycles. The summed E-state index contributed by atoms with van der Waals surface area (Å²) in [6.07, 6.45) is 5.47. The summed E-state index contributed by atoms with van der Waals surface area (Å²) < 4.78 is 12.1. The molecule has 1 aromatic heterocycles. The lowest BCUT2D eigenvalue weighted by Crippen LogP contribution is -2.35. The normalized spacial score (nSPS) is 24.4. The zero-order valence-electron chi connectivity index (χ0n) is 19.5. The van der Waals surface area contributed by atoms with Crippen LogP contribution in [-0.2, 0) is 4.79 Å². The van der Waals surface area contributed by atoms with E-state index in [2.05, 4.69) is 27.3 Å². The van der Waals surface area contributed by atoms with Crippen LogP contribution in [0, 0.1) is 11.8 Å². The standard InChI is InChI=1S/C27H30N4O3/c1-2-18-15-25(32)29-30-26(18)20-6-10-23-24(14-20)34-27(28-23)19-4-8-22(9-5-19)33-12-11-31-16-17-3-7-21(31)13-17/h4-6,8-10,14,17-18,21H,2-3,7,11-13,15-16H2,1H3,(H,29,32)/t17-,18?,21+/m0/s1. The van der Waals surface area contributed by atoms with Gasteiger partial charge in [0.05, 0.1) is 5.71 Å². The largest absolute Gasteiger partial charge is 0.492 e. The van der Waals surface area contributed by atoms with Crippen molar-refractivity contribution in [1.82, 2.24) is 15.3 Å². The molecule has 1 N–H and O–H groups in total. The highest BCUT2D eigenvalue weighted by Gasteiger charge is 2.37. The summed E-state index contributed by atoms with van der Waals surface area (Å²) in [5.74, 6) is 2.45. The first-order chi connectivity index (χ1) is 16.7.